The first-order valence-corrected chi connectivity index (χ1v) is 8.26. The maximum atomic E-state index is 11.9. The Balaban J connectivity index is 1.78. The van der Waals surface area contributed by atoms with Crippen LogP contribution in [0.1, 0.15) is 27.2 Å². The van der Waals surface area contributed by atoms with Crippen LogP contribution in [0.15, 0.2) is 54.6 Å². The lowest BCUT2D eigenvalue weighted by molar-refractivity contribution is -0.116. The van der Waals surface area contributed by atoms with Gasteiger partial charge in [-0.25, -0.2) is 4.79 Å². The number of anilines is 1. The van der Waals surface area contributed by atoms with E-state index in [1.807, 2.05) is 54.6 Å². The number of hydrogen-bond acceptors (Lipinski definition) is 3. The number of benzene rings is 2. The van der Waals surface area contributed by atoms with Crippen molar-refractivity contribution in [1.82, 2.24) is 5.32 Å². The first kappa shape index (κ1) is 18.5. The van der Waals surface area contributed by atoms with Crippen molar-refractivity contribution < 1.29 is 14.3 Å². The monoisotopic (exact) mass is 340 g/mol. The molecule has 2 aromatic carbocycles. The maximum Gasteiger partial charge on any atom is 0.407 e. The molecule has 5 heteroatoms. The van der Waals surface area contributed by atoms with Crippen LogP contribution in [0.25, 0.3) is 11.1 Å². The lowest BCUT2D eigenvalue weighted by atomic mass is 10.1. The van der Waals surface area contributed by atoms with Gasteiger partial charge in [0.05, 0.1) is 0 Å². The van der Waals surface area contributed by atoms with Gasteiger partial charge in [0.25, 0.3) is 0 Å². The Kier molecular flexibility index (Phi) is 6.17. The van der Waals surface area contributed by atoms with Crippen LogP contribution in [0.4, 0.5) is 10.5 Å². The summed E-state index contributed by atoms with van der Waals surface area (Å²) in [5.41, 5.74) is 2.39. The first-order valence-electron chi connectivity index (χ1n) is 8.26. The topological polar surface area (TPSA) is 67.4 Å². The summed E-state index contributed by atoms with van der Waals surface area (Å²) >= 11 is 0. The molecule has 2 rings (SSSR count). The number of amides is 2. The molecule has 0 heterocycles. The number of carbonyl (C=O) groups is 2. The number of nitrogens with one attached hydrogen (secondary N) is 2. The molecule has 2 amide bonds. The van der Waals surface area contributed by atoms with E-state index in [9.17, 15) is 9.59 Å². The second kappa shape index (κ2) is 8.33. The minimum atomic E-state index is -0.549. The van der Waals surface area contributed by atoms with Gasteiger partial charge in [0.2, 0.25) is 5.91 Å². The molecule has 0 aliphatic carbocycles. The molecule has 0 bridgehead atoms. The van der Waals surface area contributed by atoms with E-state index in [1.165, 1.54) is 0 Å². The Bertz CT molecular complexity index is 704. The molecular formula is C20H24N2O3. The highest BCUT2D eigenvalue weighted by Crippen LogP contribution is 2.21. The Hall–Kier alpha value is -2.82. The Labute approximate surface area is 148 Å². The third kappa shape index (κ3) is 6.67. The van der Waals surface area contributed by atoms with Crippen LogP contribution in [0, 0.1) is 0 Å². The van der Waals surface area contributed by atoms with Crippen LogP contribution in [-0.2, 0) is 9.53 Å². The summed E-state index contributed by atoms with van der Waals surface area (Å²) in [4.78, 5) is 23.4. The molecule has 0 aliphatic heterocycles. The second-order valence-corrected chi connectivity index (χ2v) is 6.67. The molecule has 2 N–H and O–H groups in total. The fourth-order valence-corrected chi connectivity index (χ4v) is 2.19. The van der Waals surface area contributed by atoms with Gasteiger partial charge in [0.1, 0.15) is 5.60 Å². The first-order chi connectivity index (χ1) is 11.8. The van der Waals surface area contributed by atoms with Gasteiger partial charge in [-0.1, -0.05) is 42.5 Å². The molecule has 2 aromatic rings. The predicted molar refractivity (Wildman–Crippen MR) is 99.4 cm³/mol. The van der Waals surface area contributed by atoms with E-state index in [0.29, 0.717) is 0 Å². The number of rotatable bonds is 5. The lowest BCUT2D eigenvalue weighted by Gasteiger charge is -2.19. The van der Waals surface area contributed by atoms with E-state index in [4.69, 9.17) is 4.74 Å². The third-order valence-corrected chi connectivity index (χ3v) is 3.30. The second-order valence-electron chi connectivity index (χ2n) is 6.67. The molecule has 0 saturated heterocycles. The molecule has 132 valence electrons. The molecule has 0 fully saturated rings. The molecule has 0 radical (unpaired) electrons. The summed E-state index contributed by atoms with van der Waals surface area (Å²) in [5.74, 6) is -0.163. The van der Waals surface area contributed by atoms with E-state index in [0.717, 1.165) is 16.8 Å². The van der Waals surface area contributed by atoms with Gasteiger partial charge in [-0.05, 0) is 44.0 Å². The molecule has 0 saturated carbocycles. The van der Waals surface area contributed by atoms with Gasteiger partial charge >= 0.3 is 6.09 Å². The quantitative estimate of drug-likeness (QED) is 0.857. The van der Waals surface area contributed by atoms with Crippen LogP contribution in [0.3, 0.4) is 0 Å². The van der Waals surface area contributed by atoms with Crippen molar-refractivity contribution in [3.8, 4) is 11.1 Å². The van der Waals surface area contributed by atoms with Crippen LogP contribution >= 0.6 is 0 Å². The highest BCUT2D eigenvalue weighted by Gasteiger charge is 2.15. The van der Waals surface area contributed by atoms with Crippen molar-refractivity contribution in [2.24, 2.45) is 0 Å². The number of alkyl carbamates (subject to hydrolysis) is 1. The third-order valence-electron chi connectivity index (χ3n) is 3.30. The SMILES string of the molecule is CC(C)(C)OC(=O)NCCC(=O)Nc1ccc(-c2ccccc2)cc1. The molecule has 5 nitrogen and oxygen atoms in total. The summed E-state index contributed by atoms with van der Waals surface area (Å²) in [6, 6.07) is 17.7. The van der Waals surface area contributed by atoms with Crippen LogP contribution in [0.5, 0.6) is 0 Å². The largest absolute Gasteiger partial charge is 0.444 e. The van der Waals surface area contributed by atoms with Gasteiger partial charge < -0.3 is 15.4 Å². The van der Waals surface area contributed by atoms with Gasteiger partial charge in [-0.2, -0.15) is 0 Å². The average molecular weight is 340 g/mol. The highest BCUT2D eigenvalue weighted by molar-refractivity contribution is 5.91. The molecule has 0 spiro atoms. The van der Waals surface area contributed by atoms with Gasteiger partial charge in [0, 0.05) is 18.7 Å². The zero-order chi connectivity index (χ0) is 18.3. The maximum absolute atomic E-state index is 11.9. The van der Waals surface area contributed by atoms with E-state index in [1.54, 1.807) is 20.8 Å². The standard InChI is InChI=1S/C20H24N2O3/c1-20(2,3)25-19(24)21-14-13-18(23)22-17-11-9-16(10-12-17)15-7-5-4-6-8-15/h4-12H,13-14H2,1-3H3,(H,21,24)(H,22,23). The Morgan fingerprint density at radius 2 is 1.52 bits per heavy atom. The summed E-state index contributed by atoms with van der Waals surface area (Å²) < 4.78 is 5.11. The zero-order valence-electron chi connectivity index (χ0n) is 14.8. The van der Waals surface area contributed by atoms with Crippen molar-refractivity contribution in [3.63, 3.8) is 0 Å². The fraction of sp³-hybridized carbons (Fsp3) is 0.300. The number of ether oxygens (including phenoxy) is 1. The minimum absolute atomic E-state index is 0.163. The van der Waals surface area contributed by atoms with Crippen molar-refractivity contribution in [3.05, 3.63) is 54.6 Å². The lowest BCUT2D eigenvalue weighted by Crippen LogP contribution is -2.34. The predicted octanol–water partition coefficient (Wildman–Crippen LogP) is 4.21. The number of carbonyl (C=O) groups excluding carboxylic acids is 2. The van der Waals surface area contributed by atoms with Crippen LogP contribution in [0.2, 0.25) is 0 Å². The van der Waals surface area contributed by atoms with Gasteiger partial charge in [0.15, 0.2) is 0 Å². The molecule has 0 atom stereocenters. The van der Waals surface area contributed by atoms with Crippen LogP contribution < -0.4 is 10.6 Å². The summed E-state index contributed by atoms with van der Waals surface area (Å²) in [7, 11) is 0. The van der Waals surface area contributed by atoms with E-state index < -0.39 is 11.7 Å². The molecule has 0 aliphatic rings. The van der Waals surface area contributed by atoms with Crippen molar-refractivity contribution in [2.75, 3.05) is 11.9 Å². The van der Waals surface area contributed by atoms with Gasteiger partial charge in [-0.3, -0.25) is 4.79 Å². The minimum Gasteiger partial charge on any atom is -0.444 e. The molecule has 0 unspecified atom stereocenters. The summed E-state index contributed by atoms with van der Waals surface area (Å²) in [6.45, 7) is 5.60. The summed E-state index contributed by atoms with van der Waals surface area (Å²) in [6.07, 6.45) is -0.341. The van der Waals surface area contributed by atoms with Crippen LogP contribution in [-0.4, -0.2) is 24.1 Å². The zero-order valence-corrected chi connectivity index (χ0v) is 14.8. The number of hydrogen-bond donors (Lipinski definition) is 2. The molecule has 0 aromatic heterocycles. The van der Waals surface area contributed by atoms with E-state index in [2.05, 4.69) is 10.6 Å². The van der Waals surface area contributed by atoms with Crippen molar-refractivity contribution in [1.29, 1.82) is 0 Å². The average Bonchev–Trinajstić information content (AvgIpc) is 2.54. The fourth-order valence-electron chi connectivity index (χ4n) is 2.19. The Morgan fingerprint density at radius 3 is 2.12 bits per heavy atom. The summed E-state index contributed by atoms with van der Waals surface area (Å²) in [5, 5.41) is 5.38. The molecular weight excluding hydrogens is 316 g/mol. The normalized spacial score (nSPS) is 10.8. The molecule has 25 heavy (non-hydrogen) atoms. The van der Waals surface area contributed by atoms with E-state index >= 15 is 0 Å². The smallest absolute Gasteiger partial charge is 0.407 e. The highest BCUT2D eigenvalue weighted by atomic mass is 16.6. The van der Waals surface area contributed by atoms with Crippen molar-refractivity contribution in [2.45, 2.75) is 32.8 Å². The van der Waals surface area contributed by atoms with Crippen molar-refractivity contribution >= 4 is 17.7 Å². The van der Waals surface area contributed by atoms with Gasteiger partial charge in [-0.15, -0.1) is 0 Å². The Morgan fingerprint density at radius 1 is 0.920 bits per heavy atom. The van der Waals surface area contributed by atoms with E-state index in [-0.39, 0.29) is 18.9 Å².